The first-order valence-corrected chi connectivity index (χ1v) is 5.84. The van der Waals surface area contributed by atoms with Gasteiger partial charge in [0.2, 0.25) is 0 Å². The van der Waals surface area contributed by atoms with Gasteiger partial charge in [0, 0.05) is 30.8 Å². The quantitative estimate of drug-likeness (QED) is 0.705. The molecule has 0 unspecified atom stereocenters. The number of aliphatic hydroxyl groups is 1. The van der Waals surface area contributed by atoms with Crippen molar-refractivity contribution in [3.8, 4) is 0 Å². The van der Waals surface area contributed by atoms with Gasteiger partial charge in [-0.15, -0.1) is 0 Å². The zero-order chi connectivity index (χ0) is 11.1. The summed E-state index contributed by atoms with van der Waals surface area (Å²) in [5.41, 5.74) is 1.10. The number of aromatic nitrogens is 1. The van der Waals surface area contributed by atoms with E-state index < -0.39 is 0 Å². The van der Waals surface area contributed by atoms with Crippen LogP contribution in [0.1, 0.15) is 24.1 Å². The van der Waals surface area contributed by atoms with Gasteiger partial charge in [0.15, 0.2) is 0 Å². The molecular weight excluding hydrogens is 204 g/mol. The van der Waals surface area contributed by atoms with Crippen LogP contribution in [0.2, 0.25) is 0 Å². The molecule has 0 saturated carbocycles. The molecule has 86 valence electrons. The van der Waals surface area contributed by atoms with Crippen molar-refractivity contribution >= 4 is 0 Å². The van der Waals surface area contributed by atoms with Crippen molar-refractivity contribution in [1.29, 1.82) is 0 Å². The lowest BCUT2D eigenvalue weighted by atomic mass is 9.79. The number of hydrogen-bond donors (Lipinski definition) is 2. The largest absolute Gasteiger partial charge is 0.394 e. The van der Waals surface area contributed by atoms with Gasteiger partial charge in [0.25, 0.3) is 5.56 Å². The summed E-state index contributed by atoms with van der Waals surface area (Å²) in [6.07, 6.45) is 1.08. The van der Waals surface area contributed by atoms with Crippen molar-refractivity contribution in [2.45, 2.75) is 18.4 Å². The molecule has 3 atom stereocenters. The molecule has 1 fully saturated rings. The molecule has 4 nitrogen and oxygen atoms in total. The van der Waals surface area contributed by atoms with Crippen LogP contribution < -0.4 is 10.9 Å². The summed E-state index contributed by atoms with van der Waals surface area (Å²) in [7, 11) is 0. The number of nitrogens with one attached hydrogen (secondary N) is 1. The second-order valence-electron chi connectivity index (χ2n) is 4.76. The van der Waals surface area contributed by atoms with Gasteiger partial charge in [-0.05, 0) is 18.4 Å². The number of piperidine rings is 1. The highest BCUT2D eigenvalue weighted by molar-refractivity contribution is 5.18. The Morgan fingerprint density at radius 1 is 1.44 bits per heavy atom. The standard InChI is InChI=1S/C12H16N2O2/c15-7-11-9-4-8(5-13-6-9)10-2-1-3-12(16)14(10)11/h1-3,8-9,11,13,15H,4-7H2/t8-,9+,11+/m1/s1. The Hall–Kier alpha value is -1.13. The number of pyridine rings is 1. The first kappa shape index (κ1) is 10.1. The molecule has 3 heterocycles. The molecule has 4 heteroatoms. The molecule has 0 spiro atoms. The second-order valence-corrected chi connectivity index (χ2v) is 4.76. The van der Waals surface area contributed by atoms with E-state index in [-0.39, 0.29) is 18.2 Å². The van der Waals surface area contributed by atoms with Crippen molar-refractivity contribution in [2.24, 2.45) is 5.92 Å². The Bertz CT molecular complexity index is 455. The van der Waals surface area contributed by atoms with Crippen LogP contribution in [0.3, 0.4) is 0 Å². The molecule has 2 aliphatic rings. The molecule has 0 aliphatic carbocycles. The summed E-state index contributed by atoms with van der Waals surface area (Å²) in [4.78, 5) is 11.9. The summed E-state index contributed by atoms with van der Waals surface area (Å²) < 4.78 is 1.81. The van der Waals surface area contributed by atoms with Gasteiger partial charge in [0.05, 0.1) is 12.6 Å². The fourth-order valence-electron chi connectivity index (χ4n) is 3.14. The van der Waals surface area contributed by atoms with Crippen LogP contribution in [0, 0.1) is 5.92 Å². The number of nitrogens with zero attached hydrogens (tertiary/aromatic N) is 1. The van der Waals surface area contributed by atoms with Crippen molar-refractivity contribution < 1.29 is 5.11 Å². The van der Waals surface area contributed by atoms with E-state index in [0.29, 0.717) is 11.8 Å². The lowest BCUT2D eigenvalue weighted by Crippen LogP contribution is -2.48. The highest BCUT2D eigenvalue weighted by Crippen LogP contribution is 2.37. The summed E-state index contributed by atoms with van der Waals surface area (Å²) in [6, 6.07) is 5.36. The third-order valence-corrected chi connectivity index (χ3v) is 3.89. The summed E-state index contributed by atoms with van der Waals surface area (Å²) in [6.45, 7) is 1.90. The fourth-order valence-corrected chi connectivity index (χ4v) is 3.14. The normalized spacial score (nSPS) is 32.2. The van der Waals surface area contributed by atoms with Gasteiger partial charge >= 0.3 is 0 Å². The van der Waals surface area contributed by atoms with Crippen molar-refractivity contribution in [3.63, 3.8) is 0 Å². The van der Waals surface area contributed by atoms with E-state index in [0.717, 1.165) is 25.2 Å². The average molecular weight is 220 g/mol. The molecule has 0 aromatic carbocycles. The molecule has 3 rings (SSSR count). The molecule has 1 saturated heterocycles. The van der Waals surface area contributed by atoms with Crippen molar-refractivity contribution in [1.82, 2.24) is 9.88 Å². The zero-order valence-electron chi connectivity index (χ0n) is 9.10. The first-order valence-electron chi connectivity index (χ1n) is 5.84. The average Bonchev–Trinajstić information content (AvgIpc) is 2.31. The minimum Gasteiger partial charge on any atom is -0.394 e. The van der Waals surface area contributed by atoms with Crippen LogP contribution in [0.15, 0.2) is 23.0 Å². The van der Waals surface area contributed by atoms with E-state index >= 15 is 0 Å². The molecular formula is C12H16N2O2. The third kappa shape index (κ3) is 1.33. The summed E-state index contributed by atoms with van der Waals surface area (Å²) >= 11 is 0. The van der Waals surface area contributed by atoms with Gasteiger partial charge in [0.1, 0.15) is 0 Å². The topological polar surface area (TPSA) is 54.3 Å². The van der Waals surface area contributed by atoms with Gasteiger partial charge in [-0.2, -0.15) is 0 Å². The number of fused-ring (bicyclic) bond motifs is 4. The highest BCUT2D eigenvalue weighted by Gasteiger charge is 2.37. The molecule has 0 amide bonds. The number of hydrogen-bond acceptors (Lipinski definition) is 3. The van der Waals surface area contributed by atoms with Crippen LogP contribution >= 0.6 is 0 Å². The van der Waals surface area contributed by atoms with E-state index in [2.05, 4.69) is 5.32 Å². The smallest absolute Gasteiger partial charge is 0.251 e. The maximum Gasteiger partial charge on any atom is 0.251 e. The lowest BCUT2D eigenvalue weighted by Gasteiger charge is -2.42. The third-order valence-electron chi connectivity index (χ3n) is 3.89. The second kappa shape index (κ2) is 3.71. The van der Waals surface area contributed by atoms with Crippen LogP contribution in [-0.2, 0) is 0 Å². The van der Waals surface area contributed by atoms with Crippen LogP contribution in [0.4, 0.5) is 0 Å². The Morgan fingerprint density at radius 2 is 2.31 bits per heavy atom. The fraction of sp³-hybridized carbons (Fsp3) is 0.583. The number of aliphatic hydroxyl groups excluding tert-OH is 1. The van der Waals surface area contributed by atoms with E-state index in [4.69, 9.17) is 0 Å². The minimum absolute atomic E-state index is 0.0214. The molecule has 1 aromatic rings. The van der Waals surface area contributed by atoms with Crippen LogP contribution in [0.25, 0.3) is 0 Å². The van der Waals surface area contributed by atoms with Crippen LogP contribution in [0.5, 0.6) is 0 Å². The Balaban J connectivity index is 2.18. The predicted molar refractivity (Wildman–Crippen MR) is 60.5 cm³/mol. The maximum absolute atomic E-state index is 11.9. The number of rotatable bonds is 1. The molecule has 2 bridgehead atoms. The van der Waals surface area contributed by atoms with Gasteiger partial charge in [-0.25, -0.2) is 0 Å². The lowest BCUT2D eigenvalue weighted by molar-refractivity contribution is 0.123. The van der Waals surface area contributed by atoms with Gasteiger partial charge < -0.3 is 15.0 Å². The maximum atomic E-state index is 11.9. The summed E-state index contributed by atoms with van der Waals surface area (Å²) in [5, 5.41) is 12.9. The molecule has 2 N–H and O–H groups in total. The Labute approximate surface area is 93.9 Å². The molecule has 0 radical (unpaired) electrons. The highest BCUT2D eigenvalue weighted by atomic mass is 16.3. The van der Waals surface area contributed by atoms with E-state index in [9.17, 15) is 9.90 Å². The molecule has 1 aromatic heterocycles. The van der Waals surface area contributed by atoms with E-state index in [1.807, 2.05) is 12.1 Å². The van der Waals surface area contributed by atoms with Gasteiger partial charge in [-0.3, -0.25) is 4.79 Å². The predicted octanol–water partition coefficient (Wildman–Crippen LogP) is 0.0884. The molecule has 2 aliphatic heterocycles. The van der Waals surface area contributed by atoms with Crippen LogP contribution in [-0.4, -0.2) is 29.4 Å². The summed E-state index contributed by atoms with van der Waals surface area (Å²) in [5.74, 6) is 0.812. The zero-order valence-corrected chi connectivity index (χ0v) is 9.10. The van der Waals surface area contributed by atoms with E-state index in [1.54, 1.807) is 10.6 Å². The Morgan fingerprint density at radius 3 is 3.12 bits per heavy atom. The van der Waals surface area contributed by atoms with Gasteiger partial charge in [-0.1, -0.05) is 6.07 Å². The Kier molecular flexibility index (Phi) is 2.33. The monoisotopic (exact) mass is 220 g/mol. The van der Waals surface area contributed by atoms with Crippen molar-refractivity contribution in [2.75, 3.05) is 19.7 Å². The SMILES string of the molecule is O=c1cccc2n1[C@@H](CO)[C@@H]1CNC[C@H]2C1. The first-order chi connectivity index (χ1) is 7.81. The minimum atomic E-state index is -0.0484. The van der Waals surface area contributed by atoms with Crippen molar-refractivity contribution in [3.05, 3.63) is 34.2 Å². The van der Waals surface area contributed by atoms with E-state index in [1.165, 1.54) is 0 Å². The molecule has 16 heavy (non-hydrogen) atoms.